The van der Waals surface area contributed by atoms with E-state index >= 15 is 0 Å². The summed E-state index contributed by atoms with van der Waals surface area (Å²) in [5.74, 6) is -1.10. The van der Waals surface area contributed by atoms with Gasteiger partial charge in [0.15, 0.2) is 0 Å². The minimum atomic E-state index is -3.81. The van der Waals surface area contributed by atoms with E-state index in [9.17, 15) is 17.9 Å². The van der Waals surface area contributed by atoms with Gasteiger partial charge in [0.2, 0.25) is 0 Å². The molecular formula is C13H12FNO3S. The molecule has 0 spiro atoms. The topological polar surface area (TPSA) is 66.4 Å². The molecule has 2 aromatic carbocycles. The first kappa shape index (κ1) is 13.4. The molecule has 100 valence electrons. The van der Waals surface area contributed by atoms with Gasteiger partial charge in [-0.05, 0) is 30.7 Å². The minimum absolute atomic E-state index is 0.0651. The average molecular weight is 281 g/mol. The number of hydrogen-bond donors (Lipinski definition) is 2. The van der Waals surface area contributed by atoms with Crippen LogP contribution in [0.2, 0.25) is 0 Å². The molecule has 0 amide bonds. The summed E-state index contributed by atoms with van der Waals surface area (Å²) in [6.45, 7) is 1.67. The maximum atomic E-state index is 12.8. The van der Waals surface area contributed by atoms with Crippen molar-refractivity contribution in [2.24, 2.45) is 0 Å². The van der Waals surface area contributed by atoms with Crippen molar-refractivity contribution in [3.8, 4) is 5.75 Å². The third-order valence-corrected chi connectivity index (χ3v) is 4.11. The molecule has 6 heteroatoms. The van der Waals surface area contributed by atoms with Crippen LogP contribution >= 0.6 is 0 Å². The summed E-state index contributed by atoms with van der Waals surface area (Å²) in [6.07, 6.45) is 0. The third kappa shape index (κ3) is 2.85. The summed E-state index contributed by atoms with van der Waals surface area (Å²) in [5, 5.41) is 9.50. The lowest BCUT2D eigenvalue weighted by atomic mass is 10.2. The zero-order valence-corrected chi connectivity index (χ0v) is 10.9. The highest BCUT2D eigenvalue weighted by Gasteiger charge is 2.18. The van der Waals surface area contributed by atoms with Crippen LogP contribution in [0, 0.1) is 12.7 Å². The van der Waals surface area contributed by atoms with Gasteiger partial charge in [0.1, 0.15) is 11.6 Å². The molecule has 4 nitrogen and oxygen atoms in total. The van der Waals surface area contributed by atoms with Crippen LogP contribution in [0.15, 0.2) is 47.4 Å². The lowest BCUT2D eigenvalue weighted by molar-refractivity contribution is 0.471. The van der Waals surface area contributed by atoms with Gasteiger partial charge < -0.3 is 5.11 Å². The Hall–Kier alpha value is -2.08. The Morgan fingerprint density at radius 1 is 1.16 bits per heavy atom. The van der Waals surface area contributed by atoms with E-state index in [1.807, 2.05) is 0 Å². The van der Waals surface area contributed by atoms with E-state index in [0.717, 1.165) is 12.1 Å². The number of nitrogens with one attached hydrogen (secondary N) is 1. The Labute approximate surface area is 110 Å². The van der Waals surface area contributed by atoms with Crippen LogP contribution in [0.1, 0.15) is 5.56 Å². The maximum Gasteiger partial charge on any atom is 0.262 e. The predicted octanol–water partition coefficient (Wildman–Crippen LogP) is 2.64. The molecule has 0 aliphatic heterocycles. The Bertz CT molecular complexity index is 714. The fraction of sp³-hybridized carbons (Fsp3) is 0.0769. The average Bonchev–Trinajstić information content (AvgIpc) is 2.33. The summed E-state index contributed by atoms with van der Waals surface area (Å²) < 4.78 is 39.3. The summed E-state index contributed by atoms with van der Waals surface area (Å²) in [7, 11) is -3.81. The standard InChI is InChI=1S/C13H12FNO3S/c1-9-4-2-3-5-13(9)19(17,18)15-11-7-6-10(14)8-12(11)16/h2-8,15-16H,1H3. The SMILES string of the molecule is Cc1ccccc1S(=O)(=O)Nc1ccc(F)cc1O. The molecule has 0 atom stereocenters. The quantitative estimate of drug-likeness (QED) is 0.850. The number of aromatic hydroxyl groups is 1. The fourth-order valence-corrected chi connectivity index (χ4v) is 2.97. The highest BCUT2D eigenvalue weighted by Crippen LogP contribution is 2.27. The van der Waals surface area contributed by atoms with Gasteiger partial charge in [0, 0.05) is 6.07 Å². The normalized spacial score (nSPS) is 11.3. The Morgan fingerprint density at radius 2 is 1.84 bits per heavy atom. The molecule has 0 fully saturated rings. The minimum Gasteiger partial charge on any atom is -0.506 e. The summed E-state index contributed by atoms with van der Waals surface area (Å²) >= 11 is 0. The van der Waals surface area contributed by atoms with E-state index in [0.29, 0.717) is 5.56 Å². The number of phenols is 1. The number of hydrogen-bond acceptors (Lipinski definition) is 3. The highest BCUT2D eigenvalue weighted by atomic mass is 32.2. The fourth-order valence-electron chi connectivity index (χ4n) is 1.65. The number of phenolic OH excluding ortho intramolecular Hbond substituents is 1. The molecule has 0 radical (unpaired) electrons. The summed E-state index contributed by atoms with van der Waals surface area (Å²) in [4.78, 5) is 0.110. The Kier molecular flexibility index (Phi) is 3.44. The monoisotopic (exact) mass is 281 g/mol. The van der Waals surface area contributed by atoms with E-state index in [-0.39, 0.29) is 10.6 Å². The van der Waals surface area contributed by atoms with Gasteiger partial charge >= 0.3 is 0 Å². The van der Waals surface area contributed by atoms with Crippen molar-refractivity contribution in [1.82, 2.24) is 0 Å². The zero-order valence-electron chi connectivity index (χ0n) is 10.1. The highest BCUT2D eigenvalue weighted by molar-refractivity contribution is 7.92. The van der Waals surface area contributed by atoms with Crippen LogP contribution in [-0.2, 0) is 10.0 Å². The van der Waals surface area contributed by atoms with Gasteiger partial charge in [-0.2, -0.15) is 0 Å². The Balaban J connectivity index is 2.40. The molecule has 2 aromatic rings. The molecule has 2 N–H and O–H groups in total. The molecule has 0 saturated heterocycles. The van der Waals surface area contributed by atoms with Crippen molar-refractivity contribution in [3.05, 3.63) is 53.8 Å². The van der Waals surface area contributed by atoms with Gasteiger partial charge in [-0.25, -0.2) is 12.8 Å². The molecule has 0 aromatic heterocycles. The van der Waals surface area contributed by atoms with E-state index in [1.165, 1.54) is 12.1 Å². The number of benzene rings is 2. The first-order valence-corrected chi connectivity index (χ1v) is 6.95. The number of aryl methyl sites for hydroxylation is 1. The Morgan fingerprint density at radius 3 is 2.47 bits per heavy atom. The first-order chi connectivity index (χ1) is 8.90. The lowest BCUT2D eigenvalue weighted by Gasteiger charge is -2.11. The second-order valence-corrected chi connectivity index (χ2v) is 5.68. The lowest BCUT2D eigenvalue weighted by Crippen LogP contribution is -2.14. The number of halogens is 1. The van der Waals surface area contributed by atoms with E-state index in [4.69, 9.17) is 0 Å². The van der Waals surface area contributed by atoms with E-state index in [2.05, 4.69) is 4.72 Å². The summed E-state index contributed by atoms with van der Waals surface area (Å²) in [5.41, 5.74) is 0.515. The van der Waals surface area contributed by atoms with Gasteiger partial charge in [-0.15, -0.1) is 0 Å². The van der Waals surface area contributed by atoms with Crippen molar-refractivity contribution in [2.45, 2.75) is 11.8 Å². The molecule has 0 aliphatic rings. The molecule has 2 rings (SSSR count). The van der Waals surface area contributed by atoms with E-state index < -0.39 is 21.6 Å². The second kappa shape index (κ2) is 4.89. The third-order valence-electron chi connectivity index (χ3n) is 2.59. The van der Waals surface area contributed by atoms with Crippen LogP contribution < -0.4 is 4.72 Å². The largest absolute Gasteiger partial charge is 0.506 e. The van der Waals surface area contributed by atoms with E-state index in [1.54, 1.807) is 25.1 Å². The van der Waals surface area contributed by atoms with Crippen molar-refractivity contribution >= 4 is 15.7 Å². The number of anilines is 1. The smallest absolute Gasteiger partial charge is 0.262 e. The van der Waals surface area contributed by atoms with Gasteiger partial charge in [-0.3, -0.25) is 4.72 Å². The number of sulfonamides is 1. The van der Waals surface area contributed by atoms with Crippen molar-refractivity contribution < 1.29 is 17.9 Å². The maximum absolute atomic E-state index is 12.8. The molecule has 0 heterocycles. The molecule has 0 aliphatic carbocycles. The summed E-state index contributed by atoms with van der Waals surface area (Å²) in [6, 6.07) is 9.53. The van der Waals surface area contributed by atoms with Crippen LogP contribution in [-0.4, -0.2) is 13.5 Å². The number of rotatable bonds is 3. The van der Waals surface area contributed by atoms with Crippen LogP contribution in [0.25, 0.3) is 0 Å². The molecule has 0 unspecified atom stereocenters. The second-order valence-electron chi connectivity index (χ2n) is 4.03. The first-order valence-electron chi connectivity index (χ1n) is 5.47. The van der Waals surface area contributed by atoms with Crippen molar-refractivity contribution in [1.29, 1.82) is 0 Å². The molecule has 19 heavy (non-hydrogen) atoms. The van der Waals surface area contributed by atoms with Gasteiger partial charge in [0.05, 0.1) is 10.6 Å². The molecular weight excluding hydrogens is 269 g/mol. The van der Waals surface area contributed by atoms with Crippen LogP contribution in [0.4, 0.5) is 10.1 Å². The van der Waals surface area contributed by atoms with Crippen molar-refractivity contribution in [2.75, 3.05) is 4.72 Å². The van der Waals surface area contributed by atoms with Gasteiger partial charge in [0.25, 0.3) is 10.0 Å². The van der Waals surface area contributed by atoms with Crippen molar-refractivity contribution in [3.63, 3.8) is 0 Å². The predicted molar refractivity (Wildman–Crippen MR) is 70.1 cm³/mol. The van der Waals surface area contributed by atoms with Crippen LogP contribution in [0.5, 0.6) is 5.75 Å². The van der Waals surface area contributed by atoms with Crippen LogP contribution in [0.3, 0.4) is 0 Å². The molecule has 0 saturated carbocycles. The zero-order chi connectivity index (χ0) is 14.0. The van der Waals surface area contributed by atoms with Gasteiger partial charge in [-0.1, -0.05) is 18.2 Å². The molecule has 0 bridgehead atoms.